The van der Waals surface area contributed by atoms with E-state index in [0.29, 0.717) is 21.1 Å². The van der Waals surface area contributed by atoms with Crippen LogP contribution in [0.1, 0.15) is 113 Å². The second-order valence-corrected chi connectivity index (χ2v) is 23.4. The van der Waals surface area contributed by atoms with Crippen LogP contribution in [0.25, 0.3) is 58.8 Å². The van der Waals surface area contributed by atoms with E-state index in [1.807, 2.05) is 0 Å². The van der Waals surface area contributed by atoms with Gasteiger partial charge in [0.1, 0.15) is 0 Å². The average Bonchev–Trinajstić information content (AvgIpc) is 1.64. The lowest BCUT2D eigenvalue weighted by Crippen LogP contribution is -2.61. The lowest BCUT2D eigenvalue weighted by atomic mass is 9.33. The third-order valence-electron chi connectivity index (χ3n) is 15.1. The molecule has 7 heteroatoms. The number of para-hydroxylation sites is 5. The number of rotatable bonds is 8. The van der Waals surface area contributed by atoms with Crippen LogP contribution in [0.2, 0.25) is 0 Å². The van der Waals surface area contributed by atoms with Gasteiger partial charge in [-0.15, -0.1) is 11.3 Å². The molecule has 0 bridgehead atoms. The van der Waals surface area contributed by atoms with Crippen LogP contribution in [0.4, 0.5) is 68.2 Å². The van der Waals surface area contributed by atoms with Gasteiger partial charge in [-0.1, -0.05) is 193 Å². The third-order valence-corrected chi connectivity index (χ3v) is 16.1. The molecule has 14 aromatic rings. The lowest BCUT2D eigenvalue weighted by Gasteiger charge is -2.47. The predicted molar refractivity (Wildman–Crippen MR) is 373 cm³/mol. The SMILES string of the molecule is [2H]c1c([2H])c([2H])c(N(c2c([2H])c([2H])c([2H])c([2H])c2[2H])c2c([2H])c3c4c(c2[2H])N2c5c(c([2H])c([2H])c([2H])c5-n5c6c([2H])c([2H])c([2H])c([2H])c6c6c([2H])c([2H])c([2H])c2c65)B4c2c([2H])c([2H])c(N(c4c([2H])c([2H])c(C(C)(C)C)c([2H])c4[2H])c4c([2H])c([2H])c(C(C)(C)C)c([2H])c4[2H])c([2H])c2N3c2c([2H])c([2H])c(-c3c([2H])c([2H])c([2H])c4sc5c([2H])c([2H])c([2H])c([2H])c5c34)c([2H])c2[2H])c([2H])c1[2H]. The van der Waals surface area contributed by atoms with Gasteiger partial charge in [0.15, 0.2) is 0 Å². The Labute approximate surface area is 574 Å². The first-order valence-electron chi connectivity index (χ1n) is 48.9. The number of fused-ring (bicyclic) bond motifs is 12. The second kappa shape index (κ2) is 19.2. The zero-order valence-electron chi connectivity index (χ0n) is 90.2. The van der Waals surface area contributed by atoms with E-state index in [0.717, 1.165) is 9.47 Å². The van der Waals surface area contributed by atoms with Gasteiger partial charge in [0.05, 0.1) is 94.1 Å². The fourth-order valence-electron chi connectivity index (χ4n) is 11.2. The Morgan fingerprint density at radius 1 is 0.391 bits per heavy atom. The number of aromatic nitrogens is 1. The van der Waals surface area contributed by atoms with Gasteiger partial charge in [-0.25, -0.2) is 0 Å². The number of thiophene rings is 1. The van der Waals surface area contributed by atoms with Gasteiger partial charge >= 0.3 is 0 Å². The zero-order chi connectivity index (χ0) is 96.7. The van der Waals surface area contributed by atoms with E-state index in [1.54, 1.807) is 0 Å². The Bertz CT molecular complexity index is 7550. The monoisotopic (exact) mass is 1180 g/mol. The fraction of sp³-hybridized carbons (Fsp3) is 0.100. The van der Waals surface area contributed by atoms with Crippen molar-refractivity contribution in [3.63, 3.8) is 0 Å². The molecule has 12 aromatic carbocycles. The van der Waals surface area contributed by atoms with Crippen LogP contribution in [0.15, 0.2) is 266 Å². The zero-order valence-corrected chi connectivity index (χ0v) is 47.0. The standard InChI is InChI=1S/C80H62BN5S/c1-79(2,3)52-36-42-56(43-37-52)82(57-44-38-53(39-45-57)80(4,5)6)59-46-47-65-70(48-59)84(58-40-34-51(35-41-58)61-26-18-33-74-75(61)64-25-14-16-32-73(64)87-74)71-49-60(83(54-20-9-7-10-21-54)55-22-11-8-12-23-55)50-72-76(71)81(65)66-28-19-31-69-78(66)86(72)68-30-17-27-63-62-24-13-15-29-67(62)85(69)77(63)68/h7-50H,1-6H3/i7D,8D,9D,10D,11D,12D,13D,14D,15D,16D,17D,18D,19D,20D,21D,22D,23D,24D,25D,26D,27D,28D,29D,30D,31D,32D,33D,34D,35D,36D,37D,38D,39D,40D,41D,42D,43D,44D,45D,46D,47D,48D,49D,50D. The van der Waals surface area contributed by atoms with Gasteiger partial charge in [0.25, 0.3) is 6.71 Å². The van der Waals surface area contributed by atoms with Gasteiger partial charge in [0, 0.05) is 82.1 Å². The minimum atomic E-state index is -2.55. The normalized spacial score (nSPS) is 20.2. The Morgan fingerprint density at radius 3 is 1.60 bits per heavy atom. The maximum Gasteiger partial charge on any atom is 0.252 e. The van der Waals surface area contributed by atoms with Gasteiger partial charge in [-0.05, 0) is 164 Å². The van der Waals surface area contributed by atoms with Crippen molar-refractivity contribution >= 4 is 145 Å². The van der Waals surface area contributed by atoms with E-state index in [4.69, 9.17) is 9.60 Å². The largest absolute Gasteiger partial charge is 0.311 e. The van der Waals surface area contributed by atoms with Crippen molar-refractivity contribution in [3.05, 3.63) is 277 Å². The molecular formula is C80H62BN5S. The Balaban J connectivity index is 1.19. The summed E-state index contributed by atoms with van der Waals surface area (Å²) < 4.78 is 435. The molecule has 0 amide bonds. The van der Waals surface area contributed by atoms with E-state index in [2.05, 4.69) is 0 Å². The lowest BCUT2D eigenvalue weighted by molar-refractivity contribution is 0.590. The molecule has 0 atom stereocenters. The van der Waals surface area contributed by atoms with Crippen LogP contribution in [0.3, 0.4) is 0 Å². The molecule has 3 aliphatic rings. The highest BCUT2D eigenvalue weighted by atomic mass is 32.1. The summed E-state index contributed by atoms with van der Waals surface area (Å²) in [7, 11) is 0. The first-order chi connectivity index (χ1) is 60.8. The highest BCUT2D eigenvalue weighted by Crippen LogP contribution is 2.55. The van der Waals surface area contributed by atoms with Crippen molar-refractivity contribution < 1.29 is 60.3 Å². The molecule has 5 heterocycles. The summed E-state index contributed by atoms with van der Waals surface area (Å²) in [5, 5.41) is -2.19. The third kappa shape index (κ3) is 7.92. The molecule has 0 spiro atoms. The minimum Gasteiger partial charge on any atom is -0.311 e. The summed E-state index contributed by atoms with van der Waals surface area (Å²) in [5.74, 6) is 0. The molecular weight excluding hydrogens is 1070 g/mol. The van der Waals surface area contributed by atoms with E-state index < -0.39 is 417 Å². The molecule has 17 rings (SSSR count). The summed E-state index contributed by atoms with van der Waals surface area (Å²) in [6, 6.07) is -50.1. The maximum absolute atomic E-state index is 11.5. The van der Waals surface area contributed by atoms with Gasteiger partial charge < -0.3 is 24.2 Å². The van der Waals surface area contributed by atoms with Crippen LogP contribution in [0.5, 0.6) is 0 Å². The summed E-state index contributed by atoms with van der Waals surface area (Å²) in [6.07, 6.45) is 0. The van der Waals surface area contributed by atoms with E-state index in [1.165, 1.54) is 41.5 Å². The molecule has 0 saturated carbocycles. The first-order valence-corrected chi connectivity index (χ1v) is 27.7. The van der Waals surface area contributed by atoms with Crippen molar-refractivity contribution in [2.75, 3.05) is 19.6 Å². The average molecular weight is 1180 g/mol. The van der Waals surface area contributed by atoms with E-state index >= 15 is 0 Å². The number of hydrogen-bond acceptors (Lipinski definition) is 5. The molecule has 0 saturated heterocycles. The van der Waals surface area contributed by atoms with Crippen molar-refractivity contribution in [3.8, 4) is 16.8 Å². The number of benzene rings is 12. The van der Waals surface area contributed by atoms with E-state index in [9.17, 15) is 50.7 Å². The molecule has 0 N–H and O–H groups in total. The summed E-state index contributed by atoms with van der Waals surface area (Å²) in [6.45, 7) is 6.53. The Hall–Kier alpha value is -10.1. The number of anilines is 12. The highest BCUT2D eigenvalue weighted by Gasteiger charge is 2.47. The van der Waals surface area contributed by atoms with Gasteiger partial charge in [0.2, 0.25) is 0 Å². The first kappa shape index (κ1) is 23.7. The van der Waals surface area contributed by atoms with Gasteiger partial charge in [-0.2, -0.15) is 0 Å². The molecule has 87 heavy (non-hydrogen) atoms. The predicted octanol–water partition coefficient (Wildman–Crippen LogP) is 20.7. The van der Waals surface area contributed by atoms with Crippen LogP contribution in [-0.4, -0.2) is 11.3 Å². The molecule has 0 fully saturated rings. The molecule has 2 aromatic heterocycles. The molecule has 0 radical (unpaired) electrons. The van der Waals surface area contributed by atoms with Crippen molar-refractivity contribution in [2.24, 2.45) is 0 Å². The fourth-order valence-corrected chi connectivity index (χ4v) is 12.2. The van der Waals surface area contributed by atoms with E-state index in [-0.39, 0.29) is 25.4 Å². The molecule has 416 valence electrons. The highest BCUT2D eigenvalue weighted by molar-refractivity contribution is 7.26. The summed E-state index contributed by atoms with van der Waals surface area (Å²) in [5.41, 5.74) is -24.0. The Morgan fingerprint density at radius 2 is 0.920 bits per heavy atom. The minimum absolute atomic E-state index is 0.267. The topological polar surface area (TPSA) is 17.9 Å². The van der Waals surface area contributed by atoms with Crippen molar-refractivity contribution in [1.82, 2.24) is 4.57 Å². The molecule has 0 aliphatic carbocycles. The van der Waals surface area contributed by atoms with Crippen LogP contribution in [-0.2, 0) is 10.8 Å². The van der Waals surface area contributed by atoms with Crippen molar-refractivity contribution in [1.29, 1.82) is 0 Å². The summed E-state index contributed by atoms with van der Waals surface area (Å²) in [4.78, 5) is 1.91. The molecule has 0 unspecified atom stereocenters. The molecule has 5 nitrogen and oxygen atoms in total. The summed E-state index contributed by atoms with van der Waals surface area (Å²) >= 11 is 0.529. The Kier molecular flexibility index (Phi) is 5.22. The van der Waals surface area contributed by atoms with Gasteiger partial charge in [-0.3, -0.25) is 0 Å². The number of nitrogens with zero attached hydrogens (tertiary/aromatic N) is 5. The maximum atomic E-state index is 11.5. The van der Waals surface area contributed by atoms with Crippen LogP contribution in [0, 0.1) is 0 Å². The smallest absolute Gasteiger partial charge is 0.252 e. The van der Waals surface area contributed by atoms with Crippen LogP contribution >= 0.6 is 11.3 Å². The van der Waals surface area contributed by atoms with Crippen LogP contribution < -0.4 is 36.0 Å². The molecule has 3 aliphatic heterocycles. The quantitative estimate of drug-likeness (QED) is 0.141. The van der Waals surface area contributed by atoms with Crippen molar-refractivity contribution in [2.45, 2.75) is 52.4 Å². The number of hydrogen-bond donors (Lipinski definition) is 0. The second-order valence-electron chi connectivity index (χ2n) is 22.3.